The van der Waals surface area contributed by atoms with Gasteiger partial charge in [-0.15, -0.1) is 0 Å². The van der Waals surface area contributed by atoms with Gasteiger partial charge in [-0.2, -0.15) is 0 Å². The fourth-order valence-electron chi connectivity index (χ4n) is 4.12. The van der Waals surface area contributed by atoms with E-state index in [-0.39, 0.29) is 41.8 Å². The van der Waals surface area contributed by atoms with Crippen LogP contribution in [0.5, 0.6) is 0 Å². The Kier molecular flexibility index (Phi) is 4.55. The average molecular weight is 337 g/mol. The molecule has 2 saturated heterocycles. The predicted molar refractivity (Wildman–Crippen MR) is 86.9 cm³/mol. The lowest BCUT2D eigenvalue weighted by molar-refractivity contribution is -0.147. The third-order valence-electron chi connectivity index (χ3n) is 5.94. The number of nitrogens with zero attached hydrogens (tertiary/aromatic N) is 3. The molecule has 3 fully saturated rings. The quantitative estimate of drug-likeness (QED) is 0.775. The molecule has 3 aliphatic rings. The summed E-state index contributed by atoms with van der Waals surface area (Å²) in [6, 6.07) is 0. The number of hydrogen-bond donors (Lipinski definition) is 1. The van der Waals surface area contributed by atoms with Crippen molar-refractivity contribution < 1.29 is 19.5 Å². The number of amides is 3. The SMILES string of the molecule is CN(C)C(=O)CN1C(=O)CCC12CCN(C(=O)C1CC(O)C1)CC2. The van der Waals surface area contributed by atoms with Gasteiger partial charge in [-0.1, -0.05) is 0 Å². The van der Waals surface area contributed by atoms with Crippen molar-refractivity contribution in [3.63, 3.8) is 0 Å². The monoisotopic (exact) mass is 337 g/mol. The Bertz CT molecular complexity index is 534. The molecule has 7 nitrogen and oxygen atoms in total. The molecular weight excluding hydrogens is 310 g/mol. The Hall–Kier alpha value is -1.63. The molecule has 1 spiro atoms. The largest absolute Gasteiger partial charge is 0.393 e. The fourth-order valence-corrected chi connectivity index (χ4v) is 4.12. The van der Waals surface area contributed by atoms with E-state index in [0.717, 1.165) is 19.3 Å². The van der Waals surface area contributed by atoms with Crippen LogP contribution < -0.4 is 0 Å². The second-order valence-corrected chi connectivity index (χ2v) is 7.64. The molecule has 0 aromatic carbocycles. The van der Waals surface area contributed by atoms with E-state index in [1.54, 1.807) is 19.0 Å². The van der Waals surface area contributed by atoms with Crippen LogP contribution in [0.4, 0.5) is 0 Å². The summed E-state index contributed by atoms with van der Waals surface area (Å²) in [4.78, 5) is 41.9. The summed E-state index contributed by atoms with van der Waals surface area (Å²) in [5.41, 5.74) is -0.265. The molecule has 0 aromatic rings. The lowest BCUT2D eigenvalue weighted by atomic mass is 9.79. The van der Waals surface area contributed by atoms with Gasteiger partial charge in [0.05, 0.1) is 6.10 Å². The van der Waals surface area contributed by atoms with Crippen LogP contribution in [-0.4, -0.2) is 82.9 Å². The van der Waals surface area contributed by atoms with Crippen LogP contribution in [0.3, 0.4) is 0 Å². The van der Waals surface area contributed by atoms with Crippen LogP contribution in [0.1, 0.15) is 38.5 Å². The third-order valence-corrected chi connectivity index (χ3v) is 5.94. The van der Waals surface area contributed by atoms with Crippen LogP contribution in [0.2, 0.25) is 0 Å². The number of aliphatic hydroxyl groups is 1. The molecule has 0 radical (unpaired) electrons. The maximum atomic E-state index is 12.4. The smallest absolute Gasteiger partial charge is 0.241 e. The van der Waals surface area contributed by atoms with E-state index >= 15 is 0 Å². The third kappa shape index (κ3) is 3.01. The fraction of sp³-hybridized carbons (Fsp3) is 0.824. The number of carbonyl (C=O) groups excluding carboxylic acids is 3. The van der Waals surface area contributed by atoms with Gasteiger partial charge in [-0.3, -0.25) is 14.4 Å². The van der Waals surface area contributed by atoms with E-state index in [1.807, 2.05) is 4.90 Å². The molecule has 134 valence electrons. The molecule has 1 saturated carbocycles. The first kappa shape index (κ1) is 17.2. The second-order valence-electron chi connectivity index (χ2n) is 7.64. The zero-order valence-electron chi connectivity index (χ0n) is 14.5. The summed E-state index contributed by atoms with van der Waals surface area (Å²) in [7, 11) is 3.40. The Balaban J connectivity index is 1.61. The van der Waals surface area contributed by atoms with Crippen LogP contribution in [-0.2, 0) is 14.4 Å². The van der Waals surface area contributed by atoms with Gasteiger partial charge in [-0.05, 0) is 32.1 Å². The van der Waals surface area contributed by atoms with E-state index in [4.69, 9.17) is 0 Å². The van der Waals surface area contributed by atoms with Gasteiger partial charge in [0.1, 0.15) is 6.54 Å². The summed E-state index contributed by atoms with van der Waals surface area (Å²) in [5.74, 6) is 0.0831. The van der Waals surface area contributed by atoms with Crippen molar-refractivity contribution in [3.05, 3.63) is 0 Å². The Morgan fingerprint density at radius 2 is 1.83 bits per heavy atom. The first-order valence-electron chi connectivity index (χ1n) is 8.80. The second kappa shape index (κ2) is 6.35. The number of carbonyl (C=O) groups is 3. The average Bonchev–Trinajstić information content (AvgIpc) is 2.81. The standard InChI is InChI=1S/C17H27N3O4/c1-18(2)15(23)11-20-14(22)3-4-17(20)5-7-19(8-6-17)16(24)12-9-13(21)10-12/h12-13,21H,3-11H2,1-2H3. The minimum absolute atomic E-state index is 0.0364. The molecule has 24 heavy (non-hydrogen) atoms. The Morgan fingerprint density at radius 3 is 2.38 bits per heavy atom. The van der Waals surface area contributed by atoms with Gasteiger partial charge in [-0.25, -0.2) is 0 Å². The van der Waals surface area contributed by atoms with E-state index in [1.165, 1.54) is 4.90 Å². The molecule has 0 aromatic heterocycles. The van der Waals surface area contributed by atoms with Gasteiger partial charge >= 0.3 is 0 Å². The lowest BCUT2D eigenvalue weighted by Crippen LogP contribution is -2.57. The molecular formula is C17H27N3O4. The van der Waals surface area contributed by atoms with Gasteiger partial charge in [0, 0.05) is 45.1 Å². The highest BCUT2D eigenvalue weighted by molar-refractivity contribution is 5.87. The zero-order chi connectivity index (χ0) is 17.5. The molecule has 3 rings (SSSR count). The van der Waals surface area contributed by atoms with Crippen molar-refractivity contribution in [1.82, 2.24) is 14.7 Å². The highest BCUT2D eigenvalue weighted by atomic mass is 16.3. The zero-order valence-corrected chi connectivity index (χ0v) is 14.5. The summed E-state index contributed by atoms with van der Waals surface area (Å²) >= 11 is 0. The molecule has 2 aliphatic heterocycles. The highest BCUT2D eigenvalue weighted by Crippen LogP contribution is 2.40. The molecule has 2 heterocycles. The molecule has 1 N–H and O–H groups in total. The molecule has 0 bridgehead atoms. The van der Waals surface area contributed by atoms with Crippen molar-refractivity contribution in [2.45, 2.75) is 50.2 Å². The number of hydrogen-bond acceptors (Lipinski definition) is 4. The van der Waals surface area contributed by atoms with Crippen LogP contribution in [0.25, 0.3) is 0 Å². The van der Waals surface area contributed by atoms with E-state index in [9.17, 15) is 19.5 Å². The van der Waals surface area contributed by atoms with Crippen LogP contribution in [0, 0.1) is 5.92 Å². The minimum Gasteiger partial charge on any atom is -0.393 e. The molecule has 0 unspecified atom stereocenters. The molecule has 7 heteroatoms. The predicted octanol–water partition coefficient (Wildman–Crippen LogP) is -0.171. The molecule has 3 amide bonds. The number of likely N-dealkylation sites (N-methyl/N-ethyl adjacent to an activating group) is 1. The Morgan fingerprint density at radius 1 is 1.21 bits per heavy atom. The number of aliphatic hydroxyl groups excluding tert-OH is 1. The van der Waals surface area contributed by atoms with Crippen molar-refractivity contribution in [3.8, 4) is 0 Å². The van der Waals surface area contributed by atoms with Gasteiger partial charge in [0.25, 0.3) is 0 Å². The molecule has 1 aliphatic carbocycles. The van der Waals surface area contributed by atoms with Gasteiger partial charge < -0.3 is 19.8 Å². The number of likely N-dealkylation sites (tertiary alicyclic amines) is 2. The normalized spacial score (nSPS) is 28.9. The lowest BCUT2D eigenvalue weighted by Gasteiger charge is -2.46. The summed E-state index contributed by atoms with van der Waals surface area (Å²) in [6.07, 6.45) is 3.56. The summed E-state index contributed by atoms with van der Waals surface area (Å²) < 4.78 is 0. The van der Waals surface area contributed by atoms with E-state index in [0.29, 0.717) is 32.4 Å². The van der Waals surface area contributed by atoms with Gasteiger partial charge in [0.2, 0.25) is 17.7 Å². The maximum Gasteiger partial charge on any atom is 0.241 e. The topological polar surface area (TPSA) is 81.2 Å². The first-order chi connectivity index (χ1) is 11.3. The minimum atomic E-state index is -0.324. The van der Waals surface area contributed by atoms with Crippen LogP contribution >= 0.6 is 0 Å². The van der Waals surface area contributed by atoms with E-state index < -0.39 is 0 Å². The maximum absolute atomic E-state index is 12.4. The first-order valence-corrected chi connectivity index (χ1v) is 8.80. The van der Waals surface area contributed by atoms with Crippen molar-refractivity contribution >= 4 is 17.7 Å². The Labute approximate surface area is 142 Å². The number of rotatable bonds is 3. The highest BCUT2D eigenvalue weighted by Gasteiger charge is 2.48. The van der Waals surface area contributed by atoms with Crippen molar-refractivity contribution in [2.75, 3.05) is 33.7 Å². The summed E-state index contributed by atoms with van der Waals surface area (Å²) in [5, 5.41) is 9.37. The van der Waals surface area contributed by atoms with Crippen LogP contribution in [0.15, 0.2) is 0 Å². The summed E-state index contributed by atoms with van der Waals surface area (Å²) in [6.45, 7) is 1.39. The number of piperidine rings is 1. The van der Waals surface area contributed by atoms with Crippen molar-refractivity contribution in [2.24, 2.45) is 5.92 Å². The van der Waals surface area contributed by atoms with Gasteiger partial charge in [0.15, 0.2) is 0 Å². The van der Waals surface area contributed by atoms with Crippen molar-refractivity contribution in [1.29, 1.82) is 0 Å². The van der Waals surface area contributed by atoms with E-state index in [2.05, 4.69) is 0 Å². The molecule has 0 atom stereocenters.